The Bertz CT molecular complexity index is 1220. The first-order valence-corrected chi connectivity index (χ1v) is 22.8. The summed E-state index contributed by atoms with van der Waals surface area (Å²) in [6.07, 6.45) is 31.4. The molecule has 1 fully saturated rings. The maximum atomic E-state index is 12.8. The Morgan fingerprint density at radius 3 is 1.58 bits per heavy atom. The average Bonchev–Trinajstić information content (AvgIpc) is 3.19. The molecule has 0 aliphatic heterocycles. The molecule has 12 nitrogen and oxygen atoms in total. The van der Waals surface area contributed by atoms with Crippen LogP contribution in [0, 0.1) is 0 Å². The van der Waals surface area contributed by atoms with Crippen LogP contribution in [0.25, 0.3) is 0 Å². The summed E-state index contributed by atoms with van der Waals surface area (Å²) in [6, 6.07) is 0. The van der Waals surface area contributed by atoms with Crippen LogP contribution in [0.3, 0.4) is 0 Å². The maximum absolute atomic E-state index is 12.8. The van der Waals surface area contributed by atoms with Crippen LogP contribution < -0.4 is 0 Å². The summed E-state index contributed by atoms with van der Waals surface area (Å²) >= 11 is 0. The van der Waals surface area contributed by atoms with E-state index in [1.807, 2.05) is 18.2 Å². The fourth-order valence-electron chi connectivity index (χ4n) is 5.93. The summed E-state index contributed by atoms with van der Waals surface area (Å²) in [5.74, 6) is -0.564. The van der Waals surface area contributed by atoms with E-state index >= 15 is 0 Å². The van der Waals surface area contributed by atoms with Crippen LogP contribution in [0.4, 0.5) is 0 Å². The normalized spacial score (nSPS) is 23.6. The van der Waals surface area contributed by atoms with Gasteiger partial charge in [0.05, 0.1) is 13.2 Å². The minimum absolute atomic E-state index is 0.0581. The van der Waals surface area contributed by atoms with Crippen molar-refractivity contribution in [2.45, 2.75) is 179 Å². The number of phosphoric acid groups is 1. The molecule has 328 valence electrons. The standard InChI is InChI=1S/C44H75O12P/c1-3-5-7-9-11-13-15-17-18-19-20-22-24-26-28-30-32-34-53-35-37(36-54-57(51,52)56-44-42(49)40(47)39(46)41(48)43(44)50)55-38(45)33-31-29-27-25-23-21-16-14-12-10-8-6-4-2/h6,8,12-15,18-19,21,23,27,29,37,39-44,46-50H,3-5,7,9-11,16-17,20,22,24-26,28,30-36H2,1-2H3,(H,51,52)/b8-6-,14-12-,15-13-,19-18-,23-21-,29-27-. The van der Waals surface area contributed by atoms with Gasteiger partial charge in [-0.2, -0.15) is 0 Å². The number of aliphatic hydroxyl groups is 5. The van der Waals surface area contributed by atoms with Crippen molar-refractivity contribution >= 4 is 13.8 Å². The molecule has 1 aliphatic rings. The van der Waals surface area contributed by atoms with Crippen molar-refractivity contribution < 1.29 is 58.3 Å². The third kappa shape index (κ3) is 27.2. The first-order valence-electron chi connectivity index (χ1n) is 21.3. The zero-order valence-corrected chi connectivity index (χ0v) is 35.5. The first-order chi connectivity index (χ1) is 27.5. The summed E-state index contributed by atoms with van der Waals surface area (Å²) in [5.41, 5.74) is 0. The minimum atomic E-state index is -5.04. The molecule has 6 atom stereocenters. The summed E-state index contributed by atoms with van der Waals surface area (Å²) in [4.78, 5) is 23.0. The molecule has 1 rings (SSSR count). The van der Waals surface area contributed by atoms with E-state index in [1.54, 1.807) is 0 Å². The van der Waals surface area contributed by atoms with Crippen molar-refractivity contribution in [1.82, 2.24) is 0 Å². The maximum Gasteiger partial charge on any atom is 0.472 e. The van der Waals surface area contributed by atoms with Crippen LogP contribution in [0.5, 0.6) is 0 Å². The molecule has 0 heterocycles. The highest BCUT2D eigenvalue weighted by molar-refractivity contribution is 7.47. The monoisotopic (exact) mass is 826 g/mol. The van der Waals surface area contributed by atoms with Gasteiger partial charge in [-0.3, -0.25) is 13.8 Å². The van der Waals surface area contributed by atoms with Gasteiger partial charge in [-0.1, -0.05) is 132 Å². The lowest BCUT2D eigenvalue weighted by molar-refractivity contribution is -0.220. The van der Waals surface area contributed by atoms with Crippen LogP contribution in [0.2, 0.25) is 0 Å². The van der Waals surface area contributed by atoms with E-state index in [0.717, 1.165) is 77.0 Å². The molecule has 0 aromatic rings. The molecule has 0 bridgehead atoms. The second-order valence-corrected chi connectivity index (χ2v) is 15.9. The van der Waals surface area contributed by atoms with Crippen molar-refractivity contribution in [2.24, 2.45) is 0 Å². The number of rotatable bonds is 34. The number of allylic oxidation sites excluding steroid dienone is 12. The van der Waals surface area contributed by atoms with Gasteiger partial charge in [0.1, 0.15) is 42.7 Å². The third-order valence-electron chi connectivity index (χ3n) is 9.33. The summed E-state index contributed by atoms with van der Waals surface area (Å²) < 4.78 is 34.0. The van der Waals surface area contributed by atoms with Gasteiger partial charge in [0.25, 0.3) is 0 Å². The molecule has 13 heteroatoms. The highest BCUT2D eigenvalue weighted by Crippen LogP contribution is 2.47. The molecule has 0 spiro atoms. The molecule has 6 N–H and O–H groups in total. The molecule has 1 aliphatic carbocycles. The van der Waals surface area contributed by atoms with Crippen molar-refractivity contribution in [2.75, 3.05) is 19.8 Å². The molecule has 0 aromatic heterocycles. The number of ether oxygens (including phenoxy) is 2. The highest BCUT2D eigenvalue weighted by atomic mass is 31.2. The predicted molar refractivity (Wildman–Crippen MR) is 225 cm³/mol. The Labute approximate surface area is 342 Å². The van der Waals surface area contributed by atoms with E-state index in [4.69, 9.17) is 18.5 Å². The fraction of sp³-hybridized carbons (Fsp3) is 0.705. The van der Waals surface area contributed by atoms with E-state index < -0.39 is 63.1 Å². The van der Waals surface area contributed by atoms with Gasteiger partial charge in [-0.15, -0.1) is 0 Å². The van der Waals surface area contributed by atoms with Crippen LogP contribution in [-0.2, 0) is 27.9 Å². The van der Waals surface area contributed by atoms with E-state index in [-0.39, 0.29) is 13.0 Å². The predicted octanol–water partition coefficient (Wildman–Crippen LogP) is 8.02. The number of hydrogen-bond acceptors (Lipinski definition) is 11. The summed E-state index contributed by atoms with van der Waals surface area (Å²) in [7, 11) is -5.04. The Hall–Kier alpha value is -2.22. The van der Waals surface area contributed by atoms with E-state index in [0.29, 0.717) is 13.0 Å². The quantitative estimate of drug-likeness (QED) is 0.0159. The van der Waals surface area contributed by atoms with Crippen LogP contribution >= 0.6 is 7.82 Å². The molecule has 0 radical (unpaired) electrons. The van der Waals surface area contributed by atoms with Crippen molar-refractivity contribution in [3.63, 3.8) is 0 Å². The molecule has 0 aromatic carbocycles. The van der Waals surface area contributed by atoms with Gasteiger partial charge < -0.3 is 39.9 Å². The second-order valence-electron chi connectivity index (χ2n) is 14.5. The smallest absolute Gasteiger partial charge is 0.457 e. The molecule has 57 heavy (non-hydrogen) atoms. The highest BCUT2D eigenvalue weighted by Gasteiger charge is 2.51. The van der Waals surface area contributed by atoms with Gasteiger partial charge in [-0.05, 0) is 70.6 Å². The van der Waals surface area contributed by atoms with Gasteiger partial charge in [0, 0.05) is 13.0 Å². The molecular weight excluding hydrogens is 751 g/mol. The first kappa shape index (κ1) is 52.8. The minimum Gasteiger partial charge on any atom is -0.457 e. The van der Waals surface area contributed by atoms with Crippen molar-refractivity contribution in [3.05, 3.63) is 72.9 Å². The van der Waals surface area contributed by atoms with E-state index in [2.05, 4.69) is 68.5 Å². The Balaban J connectivity index is 2.49. The zero-order valence-electron chi connectivity index (χ0n) is 34.6. The van der Waals surface area contributed by atoms with Crippen LogP contribution in [-0.4, -0.2) is 98.9 Å². The largest absolute Gasteiger partial charge is 0.472 e. The van der Waals surface area contributed by atoms with E-state index in [1.165, 1.54) is 32.1 Å². The van der Waals surface area contributed by atoms with Gasteiger partial charge in [0.2, 0.25) is 0 Å². The number of phosphoric ester groups is 1. The molecular formula is C44H75O12P. The van der Waals surface area contributed by atoms with Crippen molar-refractivity contribution in [3.8, 4) is 0 Å². The van der Waals surface area contributed by atoms with Gasteiger partial charge in [-0.25, -0.2) is 4.57 Å². The second kappa shape index (κ2) is 34.6. The Morgan fingerprint density at radius 1 is 0.579 bits per heavy atom. The van der Waals surface area contributed by atoms with Gasteiger partial charge in [0.15, 0.2) is 0 Å². The van der Waals surface area contributed by atoms with Crippen molar-refractivity contribution in [1.29, 1.82) is 0 Å². The lowest BCUT2D eigenvalue weighted by atomic mass is 9.85. The fourth-order valence-corrected chi connectivity index (χ4v) is 6.90. The number of carbonyl (C=O) groups excluding carboxylic acids is 1. The van der Waals surface area contributed by atoms with Crippen LogP contribution in [0.15, 0.2) is 72.9 Å². The number of aliphatic hydroxyl groups excluding tert-OH is 5. The number of carbonyl (C=O) groups is 1. The van der Waals surface area contributed by atoms with Gasteiger partial charge >= 0.3 is 13.8 Å². The average molecular weight is 827 g/mol. The Kier molecular flexibility index (Phi) is 32.1. The summed E-state index contributed by atoms with van der Waals surface area (Å²) in [5, 5.41) is 50.1. The lowest BCUT2D eigenvalue weighted by Crippen LogP contribution is -2.64. The SMILES string of the molecule is CC/C=C\C/C=C\C/C=C\C/C=C\CCC(=O)OC(COCCCCCCCC/C=C\C/C=C\CCCCCC)COP(=O)(O)OC1C(O)C(O)C(O)C(O)C1O. The van der Waals surface area contributed by atoms with E-state index in [9.17, 15) is 39.8 Å². The number of hydrogen-bond donors (Lipinski definition) is 6. The third-order valence-corrected chi connectivity index (χ3v) is 10.3. The molecule has 6 unspecified atom stereocenters. The topological polar surface area (TPSA) is 192 Å². The molecule has 0 amide bonds. The summed E-state index contributed by atoms with van der Waals surface area (Å²) in [6.45, 7) is 3.99. The molecule has 0 saturated heterocycles. The molecule has 1 saturated carbocycles. The number of unbranched alkanes of at least 4 members (excludes halogenated alkanes) is 10. The van der Waals surface area contributed by atoms with Crippen LogP contribution in [0.1, 0.15) is 136 Å². The lowest BCUT2D eigenvalue weighted by Gasteiger charge is -2.41. The Morgan fingerprint density at radius 2 is 1.04 bits per heavy atom. The zero-order chi connectivity index (χ0) is 42.0. The number of esters is 1.